The van der Waals surface area contributed by atoms with E-state index in [1.165, 1.54) is 6.07 Å². The number of rotatable bonds is 3. The number of anilines is 1. The largest absolute Gasteiger partial charge is 0.348 e. The molecule has 0 saturated carbocycles. The van der Waals surface area contributed by atoms with E-state index in [0.29, 0.717) is 11.9 Å². The number of nitrogens with one attached hydrogen (secondary N) is 1. The smallest absolute Gasteiger partial charge is 0.311 e. The van der Waals surface area contributed by atoms with Gasteiger partial charge in [0.05, 0.1) is 11.0 Å². The first-order chi connectivity index (χ1) is 7.20. The van der Waals surface area contributed by atoms with Gasteiger partial charge in [-0.2, -0.15) is 0 Å². The number of hydrogen-bond acceptors (Lipinski definition) is 5. The van der Waals surface area contributed by atoms with Gasteiger partial charge in [0, 0.05) is 32.4 Å². The van der Waals surface area contributed by atoms with Gasteiger partial charge in [0.15, 0.2) is 0 Å². The third-order valence-electron chi connectivity index (χ3n) is 2.60. The molecular formula is C9H12N4O2. The van der Waals surface area contributed by atoms with E-state index in [2.05, 4.69) is 10.3 Å². The Balaban J connectivity index is 2.29. The highest BCUT2D eigenvalue weighted by molar-refractivity contribution is 5.57. The Morgan fingerprint density at radius 3 is 2.93 bits per heavy atom. The lowest BCUT2D eigenvalue weighted by Crippen LogP contribution is -2.56. The molecule has 0 aromatic carbocycles. The van der Waals surface area contributed by atoms with Crippen molar-refractivity contribution in [2.45, 2.75) is 6.04 Å². The number of aromatic nitrogens is 1. The number of hydrogen-bond donors (Lipinski definition) is 1. The Kier molecular flexibility index (Phi) is 2.51. The summed E-state index contributed by atoms with van der Waals surface area (Å²) in [5.74, 6) is 0.439. The van der Waals surface area contributed by atoms with E-state index in [0.717, 1.165) is 13.1 Å². The molecule has 1 saturated heterocycles. The summed E-state index contributed by atoms with van der Waals surface area (Å²) in [7, 11) is 1.83. The second-order valence-electron chi connectivity index (χ2n) is 3.53. The first-order valence-corrected chi connectivity index (χ1v) is 4.73. The zero-order valence-electron chi connectivity index (χ0n) is 8.38. The standard InChI is InChI=1S/C9H12N4O2/c1-12(7-5-10-6-7)9-8(13(14)15)3-2-4-11-9/h2-4,7,10H,5-6H2,1H3. The molecule has 0 amide bonds. The van der Waals surface area contributed by atoms with Crippen LogP contribution in [0, 0.1) is 10.1 Å². The number of pyridine rings is 1. The fraction of sp³-hybridized carbons (Fsp3) is 0.444. The summed E-state index contributed by atoms with van der Waals surface area (Å²) in [6, 6.07) is 3.36. The molecule has 0 radical (unpaired) electrons. The molecule has 1 aromatic rings. The van der Waals surface area contributed by atoms with Crippen LogP contribution in [-0.2, 0) is 0 Å². The van der Waals surface area contributed by atoms with Crippen LogP contribution < -0.4 is 10.2 Å². The Morgan fingerprint density at radius 2 is 2.40 bits per heavy atom. The number of likely N-dealkylation sites (N-methyl/N-ethyl adjacent to an activating group) is 1. The van der Waals surface area contributed by atoms with Crippen LogP contribution >= 0.6 is 0 Å². The van der Waals surface area contributed by atoms with E-state index in [1.807, 2.05) is 11.9 Å². The molecule has 1 fully saturated rings. The van der Waals surface area contributed by atoms with E-state index < -0.39 is 4.92 Å². The van der Waals surface area contributed by atoms with E-state index >= 15 is 0 Å². The minimum Gasteiger partial charge on any atom is -0.348 e. The average molecular weight is 208 g/mol. The monoisotopic (exact) mass is 208 g/mol. The van der Waals surface area contributed by atoms with Gasteiger partial charge in [-0.25, -0.2) is 4.98 Å². The lowest BCUT2D eigenvalue weighted by atomic mass is 10.1. The zero-order valence-corrected chi connectivity index (χ0v) is 8.38. The van der Waals surface area contributed by atoms with Crippen molar-refractivity contribution in [2.75, 3.05) is 25.0 Å². The lowest BCUT2D eigenvalue weighted by Gasteiger charge is -2.35. The van der Waals surface area contributed by atoms with Crippen molar-refractivity contribution in [1.29, 1.82) is 0 Å². The molecule has 6 heteroatoms. The first kappa shape index (κ1) is 9.85. The molecular weight excluding hydrogens is 196 g/mol. The minimum atomic E-state index is -0.398. The molecule has 0 atom stereocenters. The normalized spacial score (nSPS) is 15.8. The molecule has 2 heterocycles. The Morgan fingerprint density at radius 1 is 1.67 bits per heavy atom. The quantitative estimate of drug-likeness (QED) is 0.575. The Hall–Kier alpha value is -1.69. The average Bonchev–Trinajstić information content (AvgIpc) is 2.15. The van der Waals surface area contributed by atoms with Gasteiger partial charge in [0.2, 0.25) is 5.82 Å². The van der Waals surface area contributed by atoms with Crippen molar-refractivity contribution in [3.05, 3.63) is 28.4 Å². The third-order valence-corrected chi connectivity index (χ3v) is 2.60. The molecule has 15 heavy (non-hydrogen) atoms. The molecule has 1 N–H and O–H groups in total. The summed E-state index contributed by atoms with van der Waals surface area (Å²) >= 11 is 0. The molecule has 0 aliphatic carbocycles. The molecule has 1 aliphatic heterocycles. The van der Waals surface area contributed by atoms with Gasteiger partial charge in [-0.1, -0.05) is 0 Å². The zero-order chi connectivity index (χ0) is 10.8. The van der Waals surface area contributed by atoms with Crippen molar-refractivity contribution in [2.24, 2.45) is 0 Å². The molecule has 2 rings (SSSR count). The van der Waals surface area contributed by atoms with Gasteiger partial charge in [-0.05, 0) is 6.07 Å². The van der Waals surface area contributed by atoms with E-state index in [1.54, 1.807) is 12.3 Å². The van der Waals surface area contributed by atoms with Crippen molar-refractivity contribution in [1.82, 2.24) is 10.3 Å². The predicted octanol–water partition coefficient (Wildman–Crippen LogP) is 0.398. The van der Waals surface area contributed by atoms with Crippen molar-refractivity contribution >= 4 is 11.5 Å². The highest BCUT2D eigenvalue weighted by Crippen LogP contribution is 2.25. The van der Waals surface area contributed by atoms with Gasteiger partial charge in [0.1, 0.15) is 0 Å². The van der Waals surface area contributed by atoms with Gasteiger partial charge in [-0.3, -0.25) is 10.1 Å². The first-order valence-electron chi connectivity index (χ1n) is 4.73. The van der Waals surface area contributed by atoms with Gasteiger partial charge < -0.3 is 10.2 Å². The fourth-order valence-corrected chi connectivity index (χ4v) is 1.52. The van der Waals surface area contributed by atoms with E-state index in [9.17, 15) is 10.1 Å². The van der Waals surface area contributed by atoms with Crippen molar-refractivity contribution in [3.63, 3.8) is 0 Å². The number of nitro groups is 1. The van der Waals surface area contributed by atoms with Crippen LogP contribution in [0.2, 0.25) is 0 Å². The Bertz CT molecular complexity index is 378. The van der Waals surface area contributed by atoms with Crippen LogP contribution in [0.5, 0.6) is 0 Å². The lowest BCUT2D eigenvalue weighted by molar-refractivity contribution is -0.384. The second kappa shape index (κ2) is 3.82. The fourth-order valence-electron chi connectivity index (χ4n) is 1.52. The molecule has 0 unspecified atom stereocenters. The minimum absolute atomic E-state index is 0.0619. The van der Waals surface area contributed by atoms with Crippen LogP contribution in [0.15, 0.2) is 18.3 Å². The van der Waals surface area contributed by atoms with Crippen LogP contribution in [0.25, 0.3) is 0 Å². The second-order valence-corrected chi connectivity index (χ2v) is 3.53. The summed E-state index contributed by atoms with van der Waals surface area (Å²) < 4.78 is 0. The van der Waals surface area contributed by atoms with Crippen LogP contribution in [0.3, 0.4) is 0 Å². The van der Waals surface area contributed by atoms with E-state index in [-0.39, 0.29) is 5.69 Å². The van der Waals surface area contributed by atoms with E-state index in [4.69, 9.17) is 0 Å². The summed E-state index contributed by atoms with van der Waals surface area (Å²) in [5.41, 5.74) is 0.0619. The molecule has 1 aliphatic rings. The summed E-state index contributed by atoms with van der Waals surface area (Å²) in [4.78, 5) is 16.3. The number of nitrogens with zero attached hydrogens (tertiary/aromatic N) is 3. The molecule has 0 bridgehead atoms. The molecule has 6 nitrogen and oxygen atoms in total. The van der Waals surface area contributed by atoms with Crippen molar-refractivity contribution < 1.29 is 4.92 Å². The van der Waals surface area contributed by atoms with Crippen LogP contribution in [0.4, 0.5) is 11.5 Å². The van der Waals surface area contributed by atoms with Crippen molar-refractivity contribution in [3.8, 4) is 0 Å². The van der Waals surface area contributed by atoms with Gasteiger partial charge in [-0.15, -0.1) is 0 Å². The maximum absolute atomic E-state index is 10.8. The highest BCUT2D eigenvalue weighted by Gasteiger charge is 2.27. The SMILES string of the molecule is CN(c1ncccc1[N+](=O)[O-])C1CNC1. The van der Waals surface area contributed by atoms with Crippen LogP contribution in [-0.4, -0.2) is 36.1 Å². The van der Waals surface area contributed by atoms with Crippen LogP contribution in [0.1, 0.15) is 0 Å². The molecule has 0 spiro atoms. The highest BCUT2D eigenvalue weighted by atomic mass is 16.6. The molecule has 80 valence electrons. The van der Waals surface area contributed by atoms with Gasteiger partial charge >= 0.3 is 5.69 Å². The maximum Gasteiger partial charge on any atom is 0.311 e. The predicted molar refractivity (Wildman–Crippen MR) is 56.0 cm³/mol. The van der Waals surface area contributed by atoms with Gasteiger partial charge in [0.25, 0.3) is 0 Å². The molecule has 1 aromatic heterocycles. The maximum atomic E-state index is 10.8. The summed E-state index contributed by atoms with van der Waals surface area (Å²) in [6.45, 7) is 1.70. The summed E-state index contributed by atoms with van der Waals surface area (Å²) in [5, 5.41) is 13.9. The Labute approximate surface area is 87.1 Å². The topological polar surface area (TPSA) is 71.3 Å². The third kappa shape index (κ3) is 1.75. The summed E-state index contributed by atoms with van der Waals surface area (Å²) in [6.07, 6.45) is 1.57.